The van der Waals surface area contributed by atoms with Crippen molar-refractivity contribution < 1.29 is 14.8 Å². The van der Waals surface area contributed by atoms with E-state index in [0.717, 1.165) is 11.3 Å². The van der Waals surface area contributed by atoms with Gasteiger partial charge in [0.25, 0.3) is 0 Å². The number of carbonyl (C=O) groups excluding carboxylic acids is 1. The van der Waals surface area contributed by atoms with Gasteiger partial charge in [-0.1, -0.05) is 0 Å². The summed E-state index contributed by atoms with van der Waals surface area (Å²) in [6.45, 7) is 6.62. The standard InChI is InChI=1S/C13H21N3O4S/c1-5-15(6-2)12(18)8-14(4)13-10(16(19)20)7-11(21-13)9(3)17/h7,9,17H,5-6,8H2,1-4H3. The van der Waals surface area contributed by atoms with Gasteiger partial charge in [0.15, 0.2) is 5.00 Å². The molecule has 0 saturated heterocycles. The molecule has 0 bridgehead atoms. The number of nitrogens with zero attached hydrogens (tertiary/aromatic N) is 3. The van der Waals surface area contributed by atoms with E-state index in [0.29, 0.717) is 23.0 Å². The molecule has 1 N–H and O–H groups in total. The van der Waals surface area contributed by atoms with Crippen LogP contribution in [0.3, 0.4) is 0 Å². The third kappa shape index (κ3) is 4.15. The summed E-state index contributed by atoms with van der Waals surface area (Å²) in [4.78, 5) is 26.4. The molecule has 1 atom stereocenters. The van der Waals surface area contributed by atoms with E-state index in [1.165, 1.54) is 6.07 Å². The van der Waals surface area contributed by atoms with E-state index in [1.807, 2.05) is 13.8 Å². The lowest BCUT2D eigenvalue weighted by atomic mass is 10.3. The van der Waals surface area contributed by atoms with Gasteiger partial charge in [0.05, 0.1) is 17.6 Å². The average molecular weight is 315 g/mol. The van der Waals surface area contributed by atoms with Crippen molar-refractivity contribution in [2.24, 2.45) is 0 Å². The van der Waals surface area contributed by atoms with Gasteiger partial charge >= 0.3 is 5.69 Å². The van der Waals surface area contributed by atoms with Crippen molar-refractivity contribution in [3.05, 3.63) is 21.1 Å². The molecule has 0 fully saturated rings. The van der Waals surface area contributed by atoms with Gasteiger partial charge in [-0.15, -0.1) is 11.3 Å². The number of aliphatic hydroxyl groups is 1. The molecule has 1 amide bonds. The van der Waals surface area contributed by atoms with Gasteiger partial charge < -0.3 is 14.9 Å². The number of carbonyl (C=O) groups is 1. The Morgan fingerprint density at radius 1 is 1.48 bits per heavy atom. The second-order valence-electron chi connectivity index (χ2n) is 4.69. The Hall–Kier alpha value is -1.67. The molecule has 1 aromatic rings. The van der Waals surface area contributed by atoms with Crippen molar-refractivity contribution in [2.75, 3.05) is 31.6 Å². The zero-order valence-electron chi connectivity index (χ0n) is 12.7. The number of hydrogen-bond acceptors (Lipinski definition) is 6. The lowest BCUT2D eigenvalue weighted by Crippen LogP contribution is -2.38. The summed E-state index contributed by atoms with van der Waals surface area (Å²) >= 11 is 1.14. The second-order valence-corrected chi connectivity index (χ2v) is 5.76. The average Bonchev–Trinajstić information content (AvgIpc) is 2.85. The second kappa shape index (κ2) is 7.37. The molecule has 1 aromatic heterocycles. The Labute approximate surface area is 127 Å². The number of thiophene rings is 1. The molecule has 21 heavy (non-hydrogen) atoms. The van der Waals surface area contributed by atoms with Crippen LogP contribution in [0.15, 0.2) is 6.07 Å². The molecule has 0 radical (unpaired) electrons. The van der Waals surface area contributed by atoms with Gasteiger partial charge in [-0.25, -0.2) is 0 Å². The summed E-state index contributed by atoms with van der Waals surface area (Å²) < 4.78 is 0. The number of nitro groups is 1. The van der Waals surface area contributed by atoms with E-state index in [2.05, 4.69) is 0 Å². The predicted octanol–water partition coefficient (Wildman–Crippen LogP) is 2.01. The Bertz CT molecular complexity index is 512. The molecule has 8 heteroatoms. The van der Waals surface area contributed by atoms with Crippen molar-refractivity contribution in [1.29, 1.82) is 0 Å². The van der Waals surface area contributed by atoms with Crippen LogP contribution in [-0.4, -0.2) is 47.5 Å². The Kier molecular flexibility index (Phi) is 6.10. The summed E-state index contributed by atoms with van der Waals surface area (Å²) in [6.07, 6.45) is -0.769. The molecule has 1 unspecified atom stereocenters. The van der Waals surface area contributed by atoms with Gasteiger partial charge in [0, 0.05) is 31.1 Å². The zero-order chi connectivity index (χ0) is 16.2. The van der Waals surface area contributed by atoms with E-state index in [4.69, 9.17) is 0 Å². The van der Waals surface area contributed by atoms with Gasteiger partial charge in [-0.05, 0) is 20.8 Å². The lowest BCUT2D eigenvalue weighted by Gasteiger charge is -2.23. The topological polar surface area (TPSA) is 86.9 Å². The molecule has 0 aliphatic rings. The maximum atomic E-state index is 12.1. The minimum Gasteiger partial charge on any atom is -0.388 e. The molecular formula is C13H21N3O4S. The van der Waals surface area contributed by atoms with Crippen LogP contribution in [0.1, 0.15) is 31.8 Å². The van der Waals surface area contributed by atoms with Gasteiger partial charge in [0.2, 0.25) is 5.91 Å². The molecule has 0 saturated carbocycles. The highest BCUT2D eigenvalue weighted by atomic mass is 32.1. The maximum absolute atomic E-state index is 12.1. The third-order valence-electron chi connectivity index (χ3n) is 3.16. The van der Waals surface area contributed by atoms with Crippen molar-refractivity contribution >= 4 is 27.9 Å². The fourth-order valence-corrected chi connectivity index (χ4v) is 2.97. The van der Waals surface area contributed by atoms with Crippen LogP contribution in [-0.2, 0) is 4.79 Å². The van der Waals surface area contributed by atoms with E-state index >= 15 is 0 Å². The number of aliphatic hydroxyl groups excluding tert-OH is 1. The number of likely N-dealkylation sites (N-methyl/N-ethyl adjacent to an activating group) is 2. The minimum atomic E-state index is -0.769. The van der Waals surface area contributed by atoms with Gasteiger partial charge in [-0.2, -0.15) is 0 Å². The van der Waals surface area contributed by atoms with Crippen LogP contribution >= 0.6 is 11.3 Å². The first-order valence-electron chi connectivity index (χ1n) is 6.76. The first-order chi connectivity index (χ1) is 9.81. The molecule has 0 spiro atoms. The molecule has 1 rings (SSSR count). The lowest BCUT2D eigenvalue weighted by molar-refractivity contribution is -0.383. The highest BCUT2D eigenvalue weighted by Gasteiger charge is 2.25. The first-order valence-corrected chi connectivity index (χ1v) is 7.58. The van der Waals surface area contributed by atoms with Crippen molar-refractivity contribution in [1.82, 2.24) is 4.90 Å². The summed E-state index contributed by atoms with van der Waals surface area (Å²) in [5, 5.41) is 21.1. The van der Waals surface area contributed by atoms with Crippen LogP contribution in [0, 0.1) is 10.1 Å². The molecule has 118 valence electrons. The van der Waals surface area contributed by atoms with Crippen LogP contribution in [0.5, 0.6) is 0 Å². The van der Waals surface area contributed by atoms with Crippen molar-refractivity contribution in [3.63, 3.8) is 0 Å². The Balaban J connectivity index is 2.98. The van der Waals surface area contributed by atoms with Gasteiger partial charge in [0.1, 0.15) is 0 Å². The number of anilines is 1. The largest absolute Gasteiger partial charge is 0.388 e. The van der Waals surface area contributed by atoms with Gasteiger partial charge in [-0.3, -0.25) is 14.9 Å². The van der Waals surface area contributed by atoms with Crippen molar-refractivity contribution in [3.8, 4) is 0 Å². The summed E-state index contributed by atoms with van der Waals surface area (Å²) in [7, 11) is 1.64. The number of amides is 1. The minimum absolute atomic E-state index is 0.0717. The highest BCUT2D eigenvalue weighted by molar-refractivity contribution is 7.16. The summed E-state index contributed by atoms with van der Waals surface area (Å²) in [6, 6.07) is 1.36. The highest BCUT2D eigenvalue weighted by Crippen LogP contribution is 2.39. The van der Waals surface area contributed by atoms with E-state index in [-0.39, 0.29) is 18.1 Å². The molecule has 0 aromatic carbocycles. The third-order valence-corrected chi connectivity index (χ3v) is 4.57. The number of hydrogen-bond donors (Lipinski definition) is 1. The predicted molar refractivity (Wildman–Crippen MR) is 82.8 cm³/mol. The van der Waals surface area contributed by atoms with Crippen LogP contribution < -0.4 is 4.90 Å². The van der Waals surface area contributed by atoms with E-state index in [9.17, 15) is 20.0 Å². The smallest absolute Gasteiger partial charge is 0.304 e. The molecule has 0 aliphatic heterocycles. The summed E-state index contributed by atoms with van der Waals surface area (Å²) in [5.74, 6) is -0.0798. The Morgan fingerprint density at radius 2 is 2.05 bits per heavy atom. The fraction of sp³-hybridized carbons (Fsp3) is 0.615. The normalized spacial score (nSPS) is 12.0. The van der Waals surface area contributed by atoms with Crippen LogP contribution in [0.25, 0.3) is 0 Å². The molecular weight excluding hydrogens is 294 g/mol. The van der Waals surface area contributed by atoms with Crippen molar-refractivity contribution in [2.45, 2.75) is 26.9 Å². The van der Waals surface area contributed by atoms with Crippen LogP contribution in [0.4, 0.5) is 10.7 Å². The molecule has 7 nitrogen and oxygen atoms in total. The summed E-state index contributed by atoms with van der Waals surface area (Å²) in [5.41, 5.74) is -0.0780. The maximum Gasteiger partial charge on any atom is 0.304 e. The monoisotopic (exact) mass is 315 g/mol. The number of rotatable bonds is 7. The van der Waals surface area contributed by atoms with E-state index in [1.54, 1.807) is 23.8 Å². The van der Waals surface area contributed by atoms with E-state index < -0.39 is 11.0 Å². The zero-order valence-corrected chi connectivity index (χ0v) is 13.5. The molecule has 1 heterocycles. The fourth-order valence-electron chi connectivity index (χ4n) is 1.95. The quantitative estimate of drug-likeness (QED) is 0.614. The van der Waals surface area contributed by atoms with Crippen LogP contribution in [0.2, 0.25) is 0 Å². The first kappa shape index (κ1) is 17.4. The molecule has 0 aliphatic carbocycles. The Morgan fingerprint density at radius 3 is 2.48 bits per heavy atom. The SMILES string of the molecule is CCN(CC)C(=O)CN(C)c1sc(C(C)O)cc1[N+](=O)[O-].